The number of fused-ring (bicyclic) bond motifs is 6. The molecule has 1 N–H and O–H groups in total. The summed E-state index contributed by atoms with van der Waals surface area (Å²) in [6.07, 6.45) is 11.8. The summed E-state index contributed by atoms with van der Waals surface area (Å²) in [5.74, 6) is 1.31. The van der Waals surface area contributed by atoms with E-state index in [0.717, 1.165) is 34.7 Å². The van der Waals surface area contributed by atoms with Crippen LogP contribution in [0.15, 0.2) is 139 Å². The minimum absolute atomic E-state index is 0.0265. The SMILES string of the molecule is CC(C)(C)c1ccc2c(c1)C1=CC(C(C)(C)C)CC=C1[C@@]2(c1cccc(-n2c3ccccc3c3ccc(-c4ncc[nH]4)cc32)c1)c1ccccn1. The Morgan fingerprint density at radius 3 is 2.33 bits per heavy atom. The number of nitrogens with one attached hydrogen (secondary N) is 1. The van der Waals surface area contributed by atoms with Gasteiger partial charge in [0.1, 0.15) is 5.82 Å². The van der Waals surface area contributed by atoms with E-state index < -0.39 is 5.41 Å². The Kier molecular flexibility index (Phi) is 6.96. The summed E-state index contributed by atoms with van der Waals surface area (Å²) in [6.45, 7) is 14.0. The van der Waals surface area contributed by atoms with Gasteiger partial charge < -0.3 is 9.55 Å². The monoisotopic (exact) mass is 664 g/mol. The summed E-state index contributed by atoms with van der Waals surface area (Å²) in [5.41, 5.74) is 13.1. The molecule has 51 heavy (non-hydrogen) atoms. The molecule has 7 aromatic rings. The van der Waals surface area contributed by atoms with Crippen LogP contribution in [-0.4, -0.2) is 19.5 Å². The first kappa shape index (κ1) is 31.5. The molecule has 4 heteroatoms. The first-order valence-electron chi connectivity index (χ1n) is 18.2. The van der Waals surface area contributed by atoms with E-state index in [0.29, 0.717) is 5.92 Å². The first-order valence-corrected chi connectivity index (χ1v) is 18.2. The molecule has 4 nitrogen and oxygen atoms in total. The van der Waals surface area contributed by atoms with Gasteiger partial charge in [-0.3, -0.25) is 4.98 Å². The highest BCUT2D eigenvalue weighted by Gasteiger charge is 2.51. The number of hydrogen-bond acceptors (Lipinski definition) is 2. The number of hydrogen-bond donors (Lipinski definition) is 1. The number of imidazole rings is 1. The third-order valence-electron chi connectivity index (χ3n) is 11.4. The van der Waals surface area contributed by atoms with E-state index in [-0.39, 0.29) is 10.8 Å². The third-order valence-corrected chi connectivity index (χ3v) is 11.4. The van der Waals surface area contributed by atoms with E-state index in [1.165, 1.54) is 49.7 Å². The van der Waals surface area contributed by atoms with Gasteiger partial charge in [-0.2, -0.15) is 0 Å². The molecular formula is C47H44N4. The second-order valence-corrected chi connectivity index (χ2v) is 16.5. The standard InChI is InChI=1S/C47H44N4/c1-45(2,3)31-18-21-39-37(28-31)38-29-32(46(4,5)6)19-22-40(38)47(39,43-16-9-10-23-48-43)33-12-11-13-34(27-33)51-41-15-8-7-14-35(41)36-20-17-30(26-42(36)51)44-49-24-25-50-44/h7-18,20-29,32H,19H2,1-6H3,(H,49,50)/t32?,47-/m0/s1. The van der Waals surface area contributed by atoms with Crippen molar-refractivity contribution in [2.45, 2.75) is 58.8 Å². The lowest BCUT2D eigenvalue weighted by atomic mass is 9.66. The van der Waals surface area contributed by atoms with Crippen LogP contribution in [-0.2, 0) is 10.8 Å². The van der Waals surface area contributed by atoms with Crippen LogP contribution in [0.4, 0.5) is 0 Å². The lowest BCUT2D eigenvalue weighted by Gasteiger charge is -2.36. The van der Waals surface area contributed by atoms with Crippen LogP contribution in [0, 0.1) is 11.3 Å². The zero-order valence-electron chi connectivity index (χ0n) is 30.3. The first-order chi connectivity index (χ1) is 24.5. The van der Waals surface area contributed by atoms with Gasteiger partial charge in [-0.15, -0.1) is 0 Å². The Hall–Kier alpha value is -5.48. The summed E-state index contributed by atoms with van der Waals surface area (Å²) in [7, 11) is 0. The Morgan fingerprint density at radius 1 is 0.745 bits per heavy atom. The van der Waals surface area contributed by atoms with Gasteiger partial charge in [-0.1, -0.05) is 120 Å². The van der Waals surface area contributed by atoms with Crippen molar-refractivity contribution in [3.05, 3.63) is 167 Å². The number of para-hydroxylation sites is 1. The number of allylic oxidation sites excluding steroid dienone is 4. The van der Waals surface area contributed by atoms with Gasteiger partial charge in [0.2, 0.25) is 0 Å². The summed E-state index contributed by atoms with van der Waals surface area (Å²) in [5, 5.41) is 2.46. The smallest absolute Gasteiger partial charge is 0.137 e. The molecule has 0 bridgehead atoms. The normalized spacial score (nSPS) is 18.8. The van der Waals surface area contributed by atoms with Crippen molar-refractivity contribution >= 4 is 27.4 Å². The number of H-pyrrole nitrogens is 1. The maximum atomic E-state index is 5.19. The van der Waals surface area contributed by atoms with Gasteiger partial charge in [0.25, 0.3) is 0 Å². The van der Waals surface area contributed by atoms with Crippen LogP contribution >= 0.6 is 0 Å². The number of rotatable bonds is 4. The van der Waals surface area contributed by atoms with Crippen molar-refractivity contribution in [3.63, 3.8) is 0 Å². The molecule has 0 amide bonds. The number of aromatic nitrogens is 4. The predicted molar refractivity (Wildman–Crippen MR) is 211 cm³/mol. The number of nitrogens with zero attached hydrogens (tertiary/aromatic N) is 3. The van der Waals surface area contributed by atoms with Gasteiger partial charge in [-0.05, 0) is 93.0 Å². The maximum Gasteiger partial charge on any atom is 0.137 e. The van der Waals surface area contributed by atoms with Crippen molar-refractivity contribution in [3.8, 4) is 17.1 Å². The van der Waals surface area contributed by atoms with Crippen molar-refractivity contribution in [1.82, 2.24) is 19.5 Å². The van der Waals surface area contributed by atoms with E-state index in [2.05, 4.69) is 165 Å². The molecule has 0 aliphatic heterocycles. The van der Waals surface area contributed by atoms with E-state index in [1.807, 2.05) is 24.7 Å². The molecule has 4 aromatic carbocycles. The molecule has 0 saturated heterocycles. The highest BCUT2D eigenvalue weighted by atomic mass is 15.0. The fourth-order valence-electron chi connectivity index (χ4n) is 8.63. The predicted octanol–water partition coefficient (Wildman–Crippen LogP) is 11.6. The second kappa shape index (κ2) is 11.3. The fourth-order valence-corrected chi connectivity index (χ4v) is 8.63. The number of benzene rings is 4. The molecule has 1 unspecified atom stereocenters. The molecule has 2 atom stereocenters. The molecule has 0 fully saturated rings. The summed E-state index contributed by atoms with van der Waals surface area (Å²) < 4.78 is 2.42. The van der Waals surface area contributed by atoms with Gasteiger partial charge in [-0.25, -0.2) is 4.98 Å². The topological polar surface area (TPSA) is 46.5 Å². The molecule has 0 saturated carbocycles. The van der Waals surface area contributed by atoms with Crippen molar-refractivity contribution < 1.29 is 0 Å². The van der Waals surface area contributed by atoms with Crippen molar-refractivity contribution in [1.29, 1.82) is 0 Å². The Labute approximate surface area is 300 Å². The lowest BCUT2D eigenvalue weighted by Crippen LogP contribution is -2.31. The van der Waals surface area contributed by atoms with Crippen LogP contribution < -0.4 is 0 Å². The molecule has 3 aromatic heterocycles. The highest BCUT2D eigenvalue weighted by molar-refractivity contribution is 6.10. The molecule has 0 radical (unpaired) electrons. The van der Waals surface area contributed by atoms with E-state index in [4.69, 9.17) is 4.98 Å². The minimum Gasteiger partial charge on any atom is -0.345 e. The van der Waals surface area contributed by atoms with Gasteiger partial charge in [0, 0.05) is 40.6 Å². The zero-order chi connectivity index (χ0) is 35.1. The van der Waals surface area contributed by atoms with Crippen molar-refractivity contribution in [2.24, 2.45) is 11.3 Å². The molecule has 3 heterocycles. The number of aromatic amines is 1. The Morgan fingerprint density at radius 2 is 1.57 bits per heavy atom. The highest BCUT2D eigenvalue weighted by Crippen LogP contribution is 2.59. The third kappa shape index (κ3) is 4.80. The zero-order valence-corrected chi connectivity index (χ0v) is 30.3. The van der Waals surface area contributed by atoms with E-state index >= 15 is 0 Å². The van der Waals surface area contributed by atoms with Crippen molar-refractivity contribution in [2.75, 3.05) is 0 Å². The van der Waals surface area contributed by atoms with Crippen LogP contribution in [0.1, 0.15) is 75.9 Å². The molecule has 252 valence electrons. The van der Waals surface area contributed by atoms with Gasteiger partial charge in [0.05, 0.1) is 22.1 Å². The van der Waals surface area contributed by atoms with E-state index in [1.54, 1.807) is 0 Å². The Bertz CT molecular complexity index is 2520. The van der Waals surface area contributed by atoms with Crippen LogP contribution in [0.3, 0.4) is 0 Å². The largest absolute Gasteiger partial charge is 0.345 e. The Balaban J connectivity index is 1.34. The van der Waals surface area contributed by atoms with Crippen LogP contribution in [0.5, 0.6) is 0 Å². The number of pyridine rings is 1. The fraction of sp³-hybridized carbons (Fsp3) is 0.234. The molecule has 0 spiro atoms. The van der Waals surface area contributed by atoms with Crippen LogP contribution in [0.25, 0.3) is 44.5 Å². The quantitative estimate of drug-likeness (QED) is 0.204. The van der Waals surface area contributed by atoms with Gasteiger partial charge >= 0.3 is 0 Å². The second-order valence-electron chi connectivity index (χ2n) is 16.5. The maximum absolute atomic E-state index is 5.19. The van der Waals surface area contributed by atoms with Crippen LogP contribution in [0.2, 0.25) is 0 Å². The average Bonchev–Trinajstić information content (AvgIpc) is 3.85. The lowest BCUT2D eigenvalue weighted by molar-refractivity contribution is 0.293. The van der Waals surface area contributed by atoms with Gasteiger partial charge in [0.15, 0.2) is 0 Å². The van der Waals surface area contributed by atoms with E-state index in [9.17, 15) is 0 Å². The average molecular weight is 665 g/mol. The minimum atomic E-state index is -0.574. The summed E-state index contributed by atoms with van der Waals surface area (Å²) >= 11 is 0. The summed E-state index contributed by atoms with van der Waals surface area (Å²) in [6, 6.07) is 38.3. The molecular weight excluding hydrogens is 621 g/mol. The summed E-state index contributed by atoms with van der Waals surface area (Å²) in [4.78, 5) is 13.1. The molecule has 9 rings (SSSR count). The molecule has 2 aliphatic rings. The molecule has 2 aliphatic carbocycles.